The Morgan fingerprint density at radius 1 is 1.18 bits per heavy atom. The van der Waals surface area contributed by atoms with Crippen molar-refractivity contribution < 1.29 is 19.5 Å². The second-order valence-corrected chi connectivity index (χ2v) is 12.2. The van der Waals surface area contributed by atoms with Crippen molar-refractivity contribution in [2.24, 2.45) is 11.8 Å². The molecular formula is C25H34BrN3O4S. The summed E-state index contributed by atoms with van der Waals surface area (Å²) < 4.78 is -0.609. The zero-order valence-electron chi connectivity index (χ0n) is 19.5. The molecule has 3 saturated heterocycles. The van der Waals surface area contributed by atoms with Crippen molar-refractivity contribution in [2.75, 3.05) is 19.7 Å². The Morgan fingerprint density at radius 2 is 1.94 bits per heavy atom. The van der Waals surface area contributed by atoms with Gasteiger partial charge in [-0.15, -0.1) is 11.8 Å². The fourth-order valence-electron chi connectivity index (χ4n) is 5.79. The molecule has 3 heterocycles. The minimum absolute atomic E-state index is 0.0215. The van der Waals surface area contributed by atoms with Crippen LogP contribution in [-0.2, 0) is 20.9 Å². The summed E-state index contributed by atoms with van der Waals surface area (Å²) in [5, 5.41) is 15.2. The summed E-state index contributed by atoms with van der Waals surface area (Å²) in [7, 11) is 0. The Hall–Kier alpha value is -1.58. The van der Waals surface area contributed by atoms with Crippen LogP contribution in [0.1, 0.15) is 44.6 Å². The van der Waals surface area contributed by atoms with Crippen LogP contribution < -0.4 is 10.6 Å². The zero-order valence-corrected chi connectivity index (χ0v) is 21.9. The molecule has 0 aromatic heterocycles. The molecule has 0 radical (unpaired) electrons. The predicted molar refractivity (Wildman–Crippen MR) is 136 cm³/mol. The van der Waals surface area contributed by atoms with Crippen LogP contribution in [0.5, 0.6) is 0 Å². The fourth-order valence-corrected chi connectivity index (χ4v) is 9.40. The first-order valence-electron chi connectivity index (χ1n) is 12.3. The standard InChI is InChI=1S/C25H34BrN3O4S/c1-2-11-27-22(31)18-19-24(33)29(12-7-4-8-13-30)21(25(19)14-17(26)20(18)34-25)23(32)28-15-16-9-5-3-6-10-16/h3,5-6,9-10,17-21,30H,2,4,7-8,11-15H2,1H3,(H,27,31)(H,28,32)/t17?,18-,19+,20-,21?,25?/m1/s1. The first kappa shape index (κ1) is 25.5. The number of unbranched alkanes of at least 4 members (excludes halogenated alkanes) is 2. The van der Waals surface area contributed by atoms with Crippen molar-refractivity contribution in [3.05, 3.63) is 35.9 Å². The van der Waals surface area contributed by atoms with Crippen LogP contribution in [0.3, 0.4) is 0 Å². The van der Waals surface area contributed by atoms with Gasteiger partial charge in [0.15, 0.2) is 0 Å². The summed E-state index contributed by atoms with van der Waals surface area (Å²) >= 11 is 5.44. The molecule has 2 bridgehead atoms. The number of aliphatic hydroxyl groups is 1. The van der Waals surface area contributed by atoms with Crippen LogP contribution in [0, 0.1) is 11.8 Å². The number of nitrogens with zero attached hydrogens (tertiary/aromatic N) is 1. The molecule has 1 aromatic rings. The van der Waals surface area contributed by atoms with E-state index in [1.54, 1.807) is 16.7 Å². The molecule has 7 nitrogen and oxygen atoms in total. The lowest BCUT2D eigenvalue weighted by Gasteiger charge is -2.35. The Kier molecular flexibility index (Phi) is 8.25. The van der Waals surface area contributed by atoms with E-state index in [2.05, 4.69) is 26.6 Å². The number of carbonyl (C=O) groups excluding carboxylic acids is 3. The molecule has 1 spiro atoms. The molecule has 186 valence electrons. The van der Waals surface area contributed by atoms with Gasteiger partial charge in [0.1, 0.15) is 6.04 Å². The summed E-state index contributed by atoms with van der Waals surface area (Å²) in [5.74, 6) is -1.22. The highest BCUT2D eigenvalue weighted by Crippen LogP contribution is 2.67. The van der Waals surface area contributed by atoms with Crippen LogP contribution in [0.2, 0.25) is 0 Å². The number of alkyl halides is 1. The number of hydrogen-bond acceptors (Lipinski definition) is 5. The molecular weight excluding hydrogens is 518 g/mol. The molecule has 0 aliphatic carbocycles. The number of rotatable bonds is 11. The van der Waals surface area contributed by atoms with Crippen LogP contribution >= 0.6 is 27.7 Å². The average Bonchev–Trinajstić information content (AvgIpc) is 3.43. The van der Waals surface area contributed by atoms with Gasteiger partial charge in [-0.2, -0.15) is 0 Å². The van der Waals surface area contributed by atoms with E-state index >= 15 is 0 Å². The number of nitrogens with one attached hydrogen (secondary N) is 2. The number of carbonyl (C=O) groups is 3. The molecule has 3 unspecified atom stereocenters. The van der Waals surface area contributed by atoms with E-state index in [1.807, 2.05) is 37.3 Å². The Morgan fingerprint density at radius 3 is 2.65 bits per heavy atom. The maximum absolute atomic E-state index is 13.8. The number of thioether (sulfide) groups is 1. The Labute approximate surface area is 213 Å². The number of aliphatic hydroxyl groups excluding tert-OH is 1. The molecule has 3 aliphatic rings. The Bertz CT molecular complexity index is 903. The first-order chi connectivity index (χ1) is 16.4. The number of halogens is 1. The summed E-state index contributed by atoms with van der Waals surface area (Å²) in [5.41, 5.74) is 1.00. The minimum atomic E-state index is -0.609. The van der Waals surface area contributed by atoms with E-state index in [9.17, 15) is 14.4 Å². The minimum Gasteiger partial charge on any atom is -0.396 e. The van der Waals surface area contributed by atoms with E-state index < -0.39 is 22.6 Å². The van der Waals surface area contributed by atoms with Crippen molar-refractivity contribution >= 4 is 45.4 Å². The molecule has 6 atom stereocenters. The van der Waals surface area contributed by atoms with Gasteiger partial charge in [-0.25, -0.2) is 0 Å². The van der Waals surface area contributed by atoms with Crippen molar-refractivity contribution in [1.82, 2.24) is 15.5 Å². The lowest BCUT2D eigenvalue weighted by atomic mass is 9.70. The third-order valence-electron chi connectivity index (χ3n) is 7.26. The largest absolute Gasteiger partial charge is 0.396 e. The fraction of sp³-hybridized carbons (Fsp3) is 0.640. The van der Waals surface area contributed by atoms with Crippen molar-refractivity contribution in [1.29, 1.82) is 0 Å². The highest BCUT2D eigenvalue weighted by Gasteiger charge is 2.75. The maximum Gasteiger partial charge on any atom is 0.244 e. The van der Waals surface area contributed by atoms with Crippen LogP contribution in [-0.4, -0.2) is 68.3 Å². The van der Waals surface area contributed by atoms with E-state index in [0.29, 0.717) is 32.5 Å². The highest BCUT2D eigenvalue weighted by molar-refractivity contribution is 9.09. The molecule has 3 N–H and O–H groups in total. The number of amides is 3. The SMILES string of the molecule is CCCNC(=O)[C@H]1[C@@H]2SC3(CC2Br)C(C(=O)NCc2ccccc2)N(CCCCCO)C(=O)[C@H]13. The maximum atomic E-state index is 13.8. The number of benzene rings is 1. The van der Waals surface area contributed by atoms with Gasteiger partial charge in [0.2, 0.25) is 17.7 Å². The van der Waals surface area contributed by atoms with Crippen LogP contribution in [0.25, 0.3) is 0 Å². The molecule has 0 saturated carbocycles. The molecule has 3 amide bonds. The van der Waals surface area contributed by atoms with Crippen molar-refractivity contribution in [2.45, 2.75) is 66.4 Å². The molecule has 3 fully saturated rings. The van der Waals surface area contributed by atoms with Gasteiger partial charge in [-0.05, 0) is 37.7 Å². The van der Waals surface area contributed by atoms with Crippen LogP contribution in [0.4, 0.5) is 0 Å². The lowest BCUT2D eigenvalue weighted by molar-refractivity contribution is -0.140. The van der Waals surface area contributed by atoms with Gasteiger partial charge >= 0.3 is 0 Å². The molecule has 34 heavy (non-hydrogen) atoms. The monoisotopic (exact) mass is 551 g/mol. The molecule has 1 aromatic carbocycles. The van der Waals surface area contributed by atoms with Gasteiger partial charge in [0.25, 0.3) is 0 Å². The summed E-state index contributed by atoms with van der Waals surface area (Å²) in [6.45, 7) is 3.56. The predicted octanol–water partition coefficient (Wildman–Crippen LogP) is 2.46. The second kappa shape index (κ2) is 11.0. The molecule has 4 rings (SSSR count). The van der Waals surface area contributed by atoms with E-state index in [4.69, 9.17) is 5.11 Å². The van der Waals surface area contributed by atoms with Crippen molar-refractivity contribution in [3.63, 3.8) is 0 Å². The second-order valence-electron chi connectivity index (χ2n) is 9.47. The van der Waals surface area contributed by atoms with Gasteiger partial charge in [-0.1, -0.05) is 53.2 Å². The zero-order chi connectivity index (χ0) is 24.3. The van der Waals surface area contributed by atoms with E-state index in [0.717, 1.165) is 24.8 Å². The normalized spacial score (nSPS) is 31.6. The summed E-state index contributed by atoms with van der Waals surface area (Å²) in [6, 6.07) is 9.13. The Balaban J connectivity index is 1.60. The van der Waals surface area contributed by atoms with Crippen LogP contribution in [0.15, 0.2) is 30.3 Å². The highest BCUT2D eigenvalue weighted by atomic mass is 79.9. The van der Waals surface area contributed by atoms with Gasteiger partial charge in [-0.3, -0.25) is 14.4 Å². The van der Waals surface area contributed by atoms with Crippen molar-refractivity contribution in [3.8, 4) is 0 Å². The smallest absolute Gasteiger partial charge is 0.244 e. The van der Waals surface area contributed by atoms with Gasteiger partial charge < -0.3 is 20.6 Å². The first-order valence-corrected chi connectivity index (χ1v) is 14.1. The quantitative estimate of drug-likeness (QED) is 0.290. The average molecular weight is 553 g/mol. The number of fused-ring (bicyclic) bond motifs is 1. The topological polar surface area (TPSA) is 98.7 Å². The van der Waals surface area contributed by atoms with Gasteiger partial charge in [0.05, 0.1) is 16.6 Å². The number of hydrogen-bond donors (Lipinski definition) is 3. The third kappa shape index (κ3) is 4.63. The lowest BCUT2D eigenvalue weighted by Crippen LogP contribution is -2.54. The van der Waals surface area contributed by atoms with Gasteiger partial charge in [0, 0.05) is 36.3 Å². The third-order valence-corrected chi connectivity index (χ3v) is 10.5. The summed E-state index contributed by atoms with van der Waals surface area (Å²) in [4.78, 5) is 42.5. The molecule has 3 aliphatic heterocycles. The molecule has 9 heteroatoms. The summed E-state index contributed by atoms with van der Waals surface area (Å²) in [6.07, 6.45) is 3.69. The van der Waals surface area contributed by atoms with E-state index in [-0.39, 0.29) is 34.4 Å². The number of likely N-dealkylation sites (tertiary alicyclic amines) is 1. The van der Waals surface area contributed by atoms with E-state index in [1.165, 1.54) is 0 Å².